The number of amides is 1. The SMILES string of the molecule is Cc1ccc2nc(N3C(=O)C(=O)C(=C(O)c4ccc(F)cc4)[C@@H]3c3ccc([N+](=O)[O-])cc3)sc2c1. The zero-order chi connectivity index (χ0) is 24.9. The standard InChI is InChI=1S/C25H16FN3O5S/c1-13-2-11-18-19(12-13)35-25(27-18)28-21(14-5-9-17(10-6-14)29(33)34)20(23(31)24(28)32)22(30)15-3-7-16(26)8-4-15/h2-12,21,30H,1H3/t21-/m0/s1. The molecule has 0 radical (unpaired) electrons. The van der Waals surface area contributed by atoms with Gasteiger partial charge in [-0.25, -0.2) is 9.37 Å². The lowest BCUT2D eigenvalue weighted by molar-refractivity contribution is -0.384. The van der Waals surface area contributed by atoms with Crippen molar-refractivity contribution in [1.29, 1.82) is 0 Å². The van der Waals surface area contributed by atoms with E-state index in [1.54, 1.807) is 6.07 Å². The van der Waals surface area contributed by atoms with Crippen molar-refractivity contribution in [2.24, 2.45) is 0 Å². The Morgan fingerprint density at radius 3 is 2.43 bits per heavy atom. The molecule has 1 aromatic heterocycles. The van der Waals surface area contributed by atoms with Gasteiger partial charge in [0.15, 0.2) is 5.13 Å². The molecule has 3 aromatic carbocycles. The summed E-state index contributed by atoms with van der Waals surface area (Å²) in [7, 11) is 0. The molecule has 4 aromatic rings. The number of carbonyl (C=O) groups excluding carboxylic acids is 2. The van der Waals surface area contributed by atoms with Crippen molar-refractivity contribution in [1.82, 2.24) is 4.98 Å². The molecule has 0 bridgehead atoms. The van der Waals surface area contributed by atoms with Crippen LogP contribution in [0, 0.1) is 22.9 Å². The summed E-state index contributed by atoms with van der Waals surface area (Å²) in [5.74, 6) is -2.84. The molecule has 2 heterocycles. The molecule has 1 aliphatic rings. The van der Waals surface area contributed by atoms with Crippen LogP contribution in [0.5, 0.6) is 0 Å². The smallest absolute Gasteiger partial charge is 0.301 e. The van der Waals surface area contributed by atoms with Crippen LogP contribution in [-0.4, -0.2) is 26.7 Å². The third-order valence-corrected chi connectivity index (χ3v) is 6.74. The van der Waals surface area contributed by atoms with E-state index >= 15 is 0 Å². The van der Waals surface area contributed by atoms with E-state index in [2.05, 4.69) is 4.98 Å². The predicted molar refractivity (Wildman–Crippen MR) is 129 cm³/mol. The van der Waals surface area contributed by atoms with Gasteiger partial charge in [0.2, 0.25) is 0 Å². The summed E-state index contributed by atoms with van der Waals surface area (Å²) in [6, 6.07) is 14.7. The van der Waals surface area contributed by atoms with Crippen molar-refractivity contribution in [2.75, 3.05) is 4.90 Å². The van der Waals surface area contributed by atoms with Crippen molar-refractivity contribution in [3.8, 4) is 0 Å². The van der Waals surface area contributed by atoms with Crippen LogP contribution < -0.4 is 4.90 Å². The predicted octanol–water partition coefficient (Wildman–Crippen LogP) is 5.28. The van der Waals surface area contributed by atoms with Gasteiger partial charge >= 0.3 is 5.91 Å². The summed E-state index contributed by atoms with van der Waals surface area (Å²) in [5, 5.41) is 22.4. The minimum Gasteiger partial charge on any atom is -0.507 e. The molecule has 1 aliphatic heterocycles. The Bertz CT molecular complexity index is 1540. The van der Waals surface area contributed by atoms with Crippen molar-refractivity contribution >= 4 is 49.8 Å². The fraction of sp³-hybridized carbons (Fsp3) is 0.0800. The quantitative estimate of drug-likeness (QED) is 0.137. The van der Waals surface area contributed by atoms with Gasteiger partial charge in [-0.05, 0) is 66.6 Å². The highest BCUT2D eigenvalue weighted by molar-refractivity contribution is 7.22. The van der Waals surface area contributed by atoms with E-state index in [4.69, 9.17) is 0 Å². The Hall–Kier alpha value is -4.44. The molecule has 0 spiro atoms. The fourth-order valence-electron chi connectivity index (χ4n) is 4.01. The van der Waals surface area contributed by atoms with Gasteiger partial charge in [0.25, 0.3) is 11.5 Å². The number of hydrogen-bond donors (Lipinski definition) is 1. The van der Waals surface area contributed by atoms with Crippen LogP contribution in [0.15, 0.2) is 72.3 Å². The number of non-ortho nitro benzene ring substituents is 1. The van der Waals surface area contributed by atoms with E-state index in [1.165, 1.54) is 52.6 Å². The number of carbonyl (C=O) groups is 2. The van der Waals surface area contributed by atoms with E-state index in [9.17, 15) is 29.2 Å². The third-order valence-electron chi connectivity index (χ3n) is 5.72. The number of halogens is 1. The Morgan fingerprint density at radius 1 is 1.09 bits per heavy atom. The number of hydrogen-bond acceptors (Lipinski definition) is 7. The zero-order valence-corrected chi connectivity index (χ0v) is 19.0. The van der Waals surface area contributed by atoms with Crippen molar-refractivity contribution in [2.45, 2.75) is 13.0 Å². The highest BCUT2D eigenvalue weighted by Gasteiger charge is 2.48. The maximum atomic E-state index is 13.4. The first kappa shape index (κ1) is 22.4. The van der Waals surface area contributed by atoms with Crippen LogP contribution in [-0.2, 0) is 9.59 Å². The number of aliphatic hydroxyl groups is 1. The van der Waals surface area contributed by atoms with E-state index in [0.717, 1.165) is 22.4 Å². The molecule has 174 valence electrons. The number of aliphatic hydroxyl groups excluding tert-OH is 1. The van der Waals surface area contributed by atoms with E-state index in [0.29, 0.717) is 11.1 Å². The summed E-state index contributed by atoms with van der Waals surface area (Å²) in [4.78, 5) is 42.7. The summed E-state index contributed by atoms with van der Waals surface area (Å²) < 4.78 is 14.2. The van der Waals surface area contributed by atoms with Gasteiger partial charge < -0.3 is 5.11 Å². The molecule has 5 rings (SSSR count). The van der Waals surface area contributed by atoms with Gasteiger partial charge in [0.05, 0.1) is 26.8 Å². The second kappa shape index (κ2) is 8.41. The van der Waals surface area contributed by atoms with Crippen molar-refractivity contribution < 1.29 is 24.0 Å². The zero-order valence-electron chi connectivity index (χ0n) is 18.1. The van der Waals surface area contributed by atoms with E-state index in [1.807, 2.05) is 19.1 Å². The summed E-state index contributed by atoms with van der Waals surface area (Å²) in [6.07, 6.45) is 0. The van der Waals surface area contributed by atoms with Gasteiger partial charge in [0, 0.05) is 17.7 Å². The van der Waals surface area contributed by atoms with Crippen LogP contribution in [0.4, 0.5) is 15.2 Å². The maximum absolute atomic E-state index is 13.4. The lowest BCUT2D eigenvalue weighted by atomic mass is 9.95. The van der Waals surface area contributed by atoms with Crippen LogP contribution in [0.25, 0.3) is 16.0 Å². The molecular formula is C25H16FN3O5S. The summed E-state index contributed by atoms with van der Waals surface area (Å²) in [5.41, 5.74) is 1.77. The van der Waals surface area contributed by atoms with Crippen LogP contribution >= 0.6 is 11.3 Å². The number of aryl methyl sites for hydroxylation is 1. The molecular weight excluding hydrogens is 473 g/mol. The number of benzene rings is 3. The molecule has 1 amide bonds. The number of nitro groups is 1. The van der Waals surface area contributed by atoms with Crippen LogP contribution in [0.1, 0.15) is 22.7 Å². The minimum atomic E-state index is -1.09. The van der Waals surface area contributed by atoms with E-state index < -0.39 is 34.2 Å². The lowest BCUT2D eigenvalue weighted by Crippen LogP contribution is -2.29. The molecule has 0 aliphatic carbocycles. The van der Waals surface area contributed by atoms with Crippen LogP contribution in [0.3, 0.4) is 0 Å². The van der Waals surface area contributed by atoms with Gasteiger partial charge in [0.1, 0.15) is 11.6 Å². The third kappa shape index (κ3) is 3.83. The van der Waals surface area contributed by atoms with Gasteiger partial charge in [-0.15, -0.1) is 0 Å². The molecule has 1 atom stereocenters. The molecule has 1 saturated heterocycles. The van der Waals surface area contributed by atoms with Gasteiger partial charge in [-0.3, -0.25) is 24.6 Å². The first-order valence-corrected chi connectivity index (χ1v) is 11.2. The topological polar surface area (TPSA) is 114 Å². The second-order valence-corrected chi connectivity index (χ2v) is 9.00. The Kier molecular flexibility index (Phi) is 5.37. The van der Waals surface area contributed by atoms with Crippen molar-refractivity contribution in [3.05, 3.63) is 105 Å². The average Bonchev–Trinajstić information content (AvgIpc) is 3.37. The first-order chi connectivity index (χ1) is 16.7. The summed E-state index contributed by atoms with van der Waals surface area (Å²) in [6.45, 7) is 1.92. The van der Waals surface area contributed by atoms with Gasteiger partial charge in [-0.1, -0.05) is 17.4 Å². The Morgan fingerprint density at radius 2 is 1.77 bits per heavy atom. The normalized spacial score (nSPS) is 17.3. The maximum Gasteiger partial charge on any atom is 0.301 e. The molecule has 1 N–H and O–H groups in total. The number of Topliss-reactive ketones (excluding diaryl/α,β-unsaturated/α-hetero) is 1. The van der Waals surface area contributed by atoms with Crippen molar-refractivity contribution in [3.63, 3.8) is 0 Å². The summed E-state index contributed by atoms with van der Waals surface area (Å²) >= 11 is 1.21. The Labute approximate surface area is 201 Å². The number of ketones is 1. The lowest BCUT2D eigenvalue weighted by Gasteiger charge is -2.22. The molecule has 35 heavy (non-hydrogen) atoms. The van der Waals surface area contributed by atoms with E-state index in [-0.39, 0.29) is 22.0 Å². The number of nitro benzene ring substituents is 1. The fourth-order valence-corrected chi connectivity index (χ4v) is 5.10. The second-order valence-electron chi connectivity index (χ2n) is 7.99. The number of nitrogens with zero attached hydrogens (tertiary/aromatic N) is 3. The largest absolute Gasteiger partial charge is 0.507 e. The Balaban J connectivity index is 1.72. The number of fused-ring (bicyclic) bond motifs is 1. The first-order valence-electron chi connectivity index (χ1n) is 10.4. The molecule has 0 unspecified atom stereocenters. The number of rotatable bonds is 4. The monoisotopic (exact) mass is 489 g/mol. The highest BCUT2D eigenvalue weighted by atomic mass is 32.1. The number of aromatic nitrogens is 1. The molecule has 8 nitrogen and oxygen atoms in total. The highest BCUT2D eigenvalue weighted by Crippen LogP contribution is 2.44. The minimum absolute atomic E-state index is 0.149. The molecule has 10 heteroatoms. The molecule has 1 fully saturated rings. The molecule has 0 saturated carbocycles. The average molecular weight is 489 g/mol. The van der Waals surface area contributed by atoms with Crippen LogP contribution in [0.2, 0.25) is 0 Å². The number of anilines is 1. The number of thiazole rings is 1. The van der Waals surface area contributed by atoms with Gasteiger partial charge in [-0.2, -0.15) is 0 Å².